The Morgan fingerprint density at radius 2 is 1.60 bits per heavy atom. The van der Waals surface area contributed by atoms with Crippen LogP contribution in [0.2, 0.25) is 0 Å². The number of hydrogen-bond donors (Lipinski definition) is 0. The summed E-state index contributed by atoms with van der Waals surface area (Å²) < 4.78 is 5.44. The first-order chi connectivity index (χ1) is 21.7. The number of carbonyl (C=O) groups excluding carboxylic acids is 1. The Balaban J connectivity index is 1.39. The highest BCUT2D eigenvalue weighted by molar-refractivity contribution is 6.09. The lowest BCUT2D eigenvalue weighted by molar-refractivity contribution is -0.384. The van der Waals surface area contributed by atoms with E-state index in [1.54, 1.807) is 17.1 Å². The van der Waals surface area contributed by atoms with Crippen LogP contribution in [0.4, 0.5) is 22.7 Å². The van der Waals surface area contributed by atoms with Gasteiger partial charge in [-0.05, 0) is 78.4 Å². The molecule has 234 valence electrons. The zero-order valence-electron chi connectivity index (χ0n) is 26.3. The molecule has 0 bridgehead atoms. The van der Waals surface area contributed by atoms with Gasteiger partial charge in [0, 0.05) is 70.2 Å². The van der Waals surface area contributed by atoms with Crippen molar-refractivity contribution < 1.29 is 14.5 Å². The summed E-state index contributed by atoms with van der Waals surface area (Å²) in [5.74, 6) is -0.326. The van der Waals surface area contributed by atoms with Crippen LogP contribution in [0.15, 0.2) is 77.4 Å². The zero-order valence-corrected chi connectivity index (χ0v) is 26.3. The molecule has 45 heavy (non-hydrogen) atoms. The van der Waals surface area contributed by atoms with Gasteiger partial charge >= 0.3 is 0 Å². The van der Waals surface area contributed by atoms with Crippen LogP contribution >= 0.6 is 0 Å². The number of ether oxygens (including phenoxy) is 1. The van der Waals surface area contributed by atoms with Gasteiger partial charge in [-0.1, -0.05) is 24.3 Å². The van der Waals surface area contributed by atoms with Gasteiger partial charge in [-0.2, -0.15) is 5.10 Å². The number of nitrogens with zero attached hydrogens (tertiary/aromatic N) is 6. The number of hydrogen-bond acceptors (Lipinski definition) is 8. The Kier molecular flexibility index (Phi) is 8.58. The maximum absolute atomic E-state index is 14.3. The molecule has 2 atom stereocenters. The van der Waals surface area contributed by atoms with Crippen molar-refractivity contribution in [3.8, 4) is 0 Å². The molecular formula is C35H40N6O4. The predicted molar refractivity (Wildman–Crippen MR) is 179 cm³/mol. The summed E-state index contributed by atoms with van der Waals surface area (Å²) in [5, 5.41) is 18.8. The minimum atomic E-state index is -0.406. The molecule has 1 saturated heterocycles. The predicted octanol–water partition coefficient (Wildman–Crippen LogP) is 6.00. The number of benzene rings is 3. The molecule has 6 rings (SSSR count). The van der Waals surface area contributed by atoms with Gasteiger partial charge in [0.15, 0.2) is 0 Å². The van der Waals surface area contributed by atoms with Gasteiger partial charge in [0.2, 0.25) is 0 Å². The fraction of sp³-hybridized carbons (Fsp3) is 0.371. The average molecular weight is 609 g/mol. The van der Waals surface area contributed by atoms with E-state index in [2.05, 4.69) is 59.5 Å². The Bertz CT molecular complexity index is 1620. The summed E-state index contributed by atoms with van der Waals surface area (Å²) in [6.45, 7) is 2.14. The maximum Gasteiger partial charge on any atom is 0.293 e. The van der Waals surface area contributed by atoms with E-state index in [4.69, 9.17) is 9.84 Å². The normalized spacial score (nSPS) is 20.5. The lowest BCUT2D eigenvalue weighted by atomic mass is 9.77. The standard InChI is InChI=1S/C35H40N6O4/c1-37(2)28-13-8-24(9-14-28)22-26-6-5-7-30-33(26)36-40(34(30)25-10-15-29(16-11-25)38(3)4)35(42)27-12-17-31(32(23-27)41(43)44)39-18-20-45-21-19-39/h8-17,22-23,30,34H,5-7,18-21H2,1-4H3/b26-22-/t30-,34-/m0/s1. The number of amides is 1. The molecule has 2 heterocycles. The van der Waals surface area contributed by atoms with Crippen molar-refractivity contribution in [2.24, 2.45) is 11.0 Å². The summed E-state index contributed by atoms with van der Waals surface area (Å²) in [5.41, 5.74) is 7.00. The van der Waals surface area contributed by atoms with E-state index in [0.717, 1.165) is 53.0 Å². The second kappa shape index (κ2) is 12.7. The number of fused-ring (bicyclic) bond motifs is 1. The van der Waals surface area contributed by atoms with E-state index in [0.29, 0.717) is 32.0 Å². The van der Waals surface area contributed by atoms with Gasteiger partial charge < -0.3 is 19.4 Å². The molecule has 0 radical (unpaired) electrons. The van der Waals surface area contributed by atoms with Crippen LogP contribution in [-0.4, -0.2) is 76.0 Å². The highest BCUT2D eigenvalue weighted by atomic mass is 16.6. The smallest absolute Gasteiger partial charge is 0.293 e. The molecule has 0 N–H and O–H groups in total. The molecule has 2 aliphatic heterocycles. The van der Waals surface area contributed by atoms with Crippen molar-refractivity contribution in [2.45, 2.75) is 25.3 Å². The molecule has 1 saturated carbocycles. The monoisotopic (exact) mass is 608 g/mol. The van der Waals surface area contributed by atoms with Crippen molar-refractivity contribution >= 4 is 40.4 Å². The number of nitro groups is 1. The van der Waals surface area contributed by atoms with Crippen molar-refractivity contribution in [2.75, 3.05) is 69.2 Å². The fourth-order valence-electron chi connectivity index (χ4n) is 6.55. The Morgan fingerprint density at radius 1 is 0.956 bits per heavy atom. The van der Waals surface area contributed by atoms with Crippen molar-refractivity contribution in [3.05, 3.63) is 99.1 Å². The molecule has 3 aliphatic rings. The summed E-state index contributed by atoms with van der Waals surface area (Å²) in [4.78, 5) is 32.2. The van der Waals surface area contributed by atoms with Crippen LogP contribution in [-0.2, 0) is 4.74 Å². The third kappa shape index (κ3) is 6.15. The molecule has 0 unspecified atom stereocenters. The van der Waals surface area contributed by atoms with Crippen LogP contribution in [0.3, 0.4) is 0 Å². The van der Waals surface area contributed by atoms with Crippen LogP contribution in [0.1, 0.15) is 46.8 Å². The van der Waals surface area contributed by atoms with Gasteiger partial charge in [0.25, 0.3) is 11.6 Å². The molecule has 1 amide bonds. The highest BCUT2D eigenvalue weighted by Gasteiger charge is 2.44. The van der Waals surface area contributed by atoms with E-state index in [1.807, 2.05) is 38.0 Å². The molecular weight excluding hydrogens is 568 g/mol. The third-order valence-electron chi connectivity index (χ3n) is 8.98. The van der Waals surface area contributed by atoms with Crippen molar-refractivity contribution in [1.82, 2.24) is 5.01 Å². The van der Waals surface area contributed by atoms with Crippen molar-refractivity contribution in [1.29, 1.82) is 0 Å². The second-order valence-corrected chi connectivity index (χ2v) is 12.3. The first-order valence-corrected chi connectivity index (χ1v) is 15.5. The molecule has 0 aromatic heterocycles. The maximum atomic E-state index is 14.3. The number of anilines is 3. The first-order valence-electron chi connectivity index (χ1n) is 15.5. The quantitative estimate of drug-likeness (QED) is 0.240. The van der Waals surface area contributed by atoms with E-state index in [-0.39, 0.29) is 29.1 Å². The zero-order chi connectivity index (χ0) is 31.7. The van der Waals surface area contributed by atoms with E-state index in [1.165, 1.54) is 6.07 Å². The third-order valence-corrected chi connectivity index (χ3v) is 8.98. The van der Waals surface area contributed by atoms with Crippen LogP contribution in [0, 0.1) is 16.0 Å². The minimum Gasteiger partial charge on any atom is -0.378 e. The number of carbonyl (C=O) groups is 1. The van der Waals surface area contributed by atoms with Crippen LogP contribution in [0.25, 0.3) is 6.08 Å². The van der Waals surface area contributed by atoms with Gasteiger partial charge in [0.1, 0.15) is 5.69 Å². The molecule has 3 aromatic carbocycles. The summed E-state index contributed by atoms with van der Waals surface area (Å²) >= 11 is 0. The number of morpholine rings is 1. The minimum absolute atomic E-state index is 0.0165. The molecule has 10 nitrogen and oxygen atoms in total. The Morgan fingerprint density at radius 3 is 2.22 bits per heavy atom. The van der Waals surface area contributed by atoms with Gasteiger partial charge in [-0.15, -0.1) is 0 Å². The Labute approximate surface area is 264 Å². The highest BCUT2D eigenvalue weighted by Crippen LogP contribution is 2.45. The summed E-state index contributed by atoms with van der Waals surface area (Å²) in [7, 11) is 8.04. The van der Waals surface area contributed by atoms with E-state index in [9.17, 15) is 14.9 Å². The molecule has 2 fully saturated rings. The van der Waals surface area contributed by atoms with Gasteiger partial charge in [0.05, 0.1) is 29.9 Å². The lowest BCUT2D eigenvalue weighted by Crippen LogP contribution is -2.36. The molecule has 1 aliphatic carbocycles. The number of allylic oxidation sites excluding steroid dienone is 1. The first kappa shape index (κ1) is 30.3. The Hall–Kier alpha value is -4.70. The largest absolute Gasteiger partial charge is 0.378 e. The topological polar surface area (TPSA) is 94.8 Å². The van der Waals surface area contributed by atoms with Crippen LogP contribution in [0.5, 0.6) is 0 Å². The van der Waals surface area contributed by atoms with Crippen LogP contribution < -0.4 is 14.7 Å². The molecule has 10 heteroatoms. The van der Waals surface area contributed by atoms with Gasteiger partial charge in [-0.3, -0.25) is 14.9 Å². The summed E-state index contributed by atoms with van der Waals surface area (Å²) in [6, 6.07) is 21.1. The molecule has 0 spiro atoms. The average Bonchev–Trinajstić information content (AvgIpc) is 3.45. The number of rotatable bonds is 7. The number of nitro benzene ring substituents is 1. The fourth-order valence-corrected chi connectivity index (χ4v) is 6.55. The molecule has 3 aromatic rings. The van der Waals surface area contributed by atoms with E-state index >= 15 is 0 Å². The van der Waals surface area contributed by atoms with Crippen molar-refractivity contribution in [3.63, 3.8) is 0 Å². The van der Waals surface area contributed by atoms with Gasteiger partial charge in [-0.25, -0.2) is 5.01 Å². The lowest BCUT2D eigenvalue weighted by Gasteiger charge is -2.30. The van der Waals surface area contributed by atoms with E-state index < -0.39 is 4.92 Å². The SMILES string of the molecule is CN(C)c1ccc(/C=C2/CCC[C@H]3C2=NN(C(=O)c2ccc(N4CCOCC4)c([N+](=O)[O-])c2)[C@H]3c2ccc(N(C)C)cc2)cc1. The summed E-state index contributed by atoms with van der Waals surface area (Å²) in [6.07, 6.45) is 4.94. The second-order valence-electron chi connectivity index (χ2n) is 12.3. The number of hydrazone groups is 1.